The molecule has 0 fully saturated rings. The first kappa shape index (κ1) is 30.3. The van der Waals surface area contributed by atoms with Gasteiger partial charge >= 0.3 is 0 Å². The van der Waals surface area contributed by atoms with E-state index in [0.29, 0.717) is 0 Å². The summed E-state index contributed by atoms with van der Waals surface area (Å²) in [7, 11) is -2.58. The predicted octanol–water partition coefficient (Wildman–Crippen LogP) is 9.49. The van der Waals surface area contributed by atoms with Crippen molar-refractivity contribution in [3.8, 4) is 11.1 Å². The van der Waals surface area contributed by atoms with E-state index in [2.05, 4.69) is 187 Å². The molecular weight excluding hydrogens is 614 g/mol. The highest BCUT2D eigenvalue weighted by atomic mass is 28.3. The lowest BCUT2D eigenvalue weighted by Crippen LogP contribution is -2.74. The number of anilines is 3. The van der Waals surface area contributed by atoms with Crippen LogP contribution in [0.15, 0.2) is 206 Å². The molecule has 0 spiro atoms. The maximum absolute atomic E-state index is 14.0. The summed E-state index contributed by atoms with van der Waals surface area (Å²) in [6, 6.07) is 72.3. The van der Waals surface area contributed by atoms with Gasteiger partial charge in [-0.15, -0.1) is 0 Å². The molecule has 234 valence electrons. The Bertz CT molecular complexity index is 2200. The Morgan fingerprint density at radius 1 is 0.347 bits per heavy atom. The normalized spacial score (nSPS) is 11.4. The lowest BCUT2D eigenvalue weighted by molar-refractivity contribution is 0.628. The van der Waals surface area contributed by atoms with E-state index >= 15 is 0 Å². The standard InChI is InChI=1S/C46H34FNSi/c47-38-27-31-40(32-28-38)48(46-22-12-14-37-13-10-11-21-45(37)46)39-29-23-35(24-30-39)36-25-33-44(34-26-36)49(41-15-4-1-5-16-41,42-17-6-2-7-18-42)43-19-8-3-9-20-43/h1-34H. The van der Waals surface area contributed by atoms with Crippen molar-refractivity contribution >= 4 is 56.7 Å². The van der Waals surface area contributed by atoms with Crippen LogP contribution in [0, 0.1) is 5.82 Å². The van der Waals surface area contributed by atoms with Gasteiger partial charge in [-0.1, -0.05) is 164 Å². The molecule has 0 aliphatic heterocycles. The topological polar surface area (TPSA) is 3.24 Å². The molecule has 0 N–H and O–H groups in total. The van der Waals surface area contributed by atoms with Crippen molar-refractivity contribution in [1.82, 2.24) is 0 Å². The third-order valence-corrected chi connectivity index (χ3v) is 14.3. The summed E-state index contributed by atoms with van der Waals surface area (Å²) in [6.07, 6.45) is 0. The molecule has 0 saturated carbocycles. The molecule has 8 aromatic carbocycles. The molecule has 0 aromatic heterocycles. The van der Waals surface area contributed by atoms with Crippen molar-refractivity contribution in [2.24, 2.45) is 0 Å². The van der Waals surface area contributed by atoms with Crippen LogP contribution >= 0.6 is 0 Å². The Labute approximate surface area is 288 Å². The van der Waals surface area contributed by atoms with E-state index in [0.717, 1.165) is 39.0 Å². The maximum atomic E-state index is 14.0. The van der Waals surface area contributed by atoms with E-state index in [1.54, 1.807) is 0 Å². The Kier molecular flexibility index (Phi) is 8.18. The second kappa shape index (κ2) is 13.2. The average molecular weight is 648 g/mol. The lowest BCUT2D eigenvalue weighted by atomic mass is 10.0. The number of benzene rings is 8. The molecule has 0 heterocycles. The number of fused-ring (bicyclic) bond motifs is 1. The first-order chi connectivity index (χ1) is 24.2. The van der Waals surface area contributed by atoms with E-state index in [1.807, 2.05) is 12.1 Å². The smallest absolute Gasteiger partial charge is 0.179 e. The predicted molar refractivity (Wildman–Crippen MR) is 208 cm³/mol. The number of hydrogen-bond acceptors (Lipinski definition) is 1. The SMILES string of the molecule is Fc1ccc(N(c2ccc(-c3ccc([Si](c4ccccc4)(c4ccccc4)c4ccccc4)cc3)cc2)c2cccc3ccccc23)cc1. The maximum Gasteiger partial charge on any atom is 0.179 e. The Balaban J connectivity index is 1.21. The van der Waals surface area contributed by atoms with Gasteiger partial charge in [-0.25, -0.2) is 4.39 Å². The van der Waals surface area contributed by atoms with E-state index in [-0.39, 0.29) is 5.82 Å². The quantitative estimate of drug-likeness (QED) is 0.117. The highest BCUT2D eigenvalue weighted by Crippen LogP contribution is 2.39. The highest BCUT2D eigenvalue weighted by molar-refractivity contribution is 7.19. The fourth-order valence-electron chi connectivity index (χ4n) is 7.20. The molecule has 3 heteroatoms. The van der Waals surface area contributed by atoms with Gasteiger partial charge in [0.15, 0.2) is 8.07 Å². The minimum absolute atomic E-state index is 0.251. The fraction of sp³-hybridized carbons (Fsp3) is 0. The van der Waals surface area contributed by atoms with Crippen LogP contribution < -0.4 is 25.6 Å². The molecule has 0 aliphatic rings. The Hall–Kier alpha value is -6.03. The highest BCUT2D eigenvalue weighted by Gasteiger charge is 2.41. The van der Waals surface area contributed by atoms with Crippen LogP contribution in [0.4, 0.5) is 21.5 Å². The molecule has 0 radical (unpaired) electrons. The summed E-state index contributed by atoms with van der Waals surface area (Å²) in [5.74, 6) is -0.251. The molecule has 0 unspecified atom stereocenters. The molecule has 0 amide bonds. The van der Waals surface area contributed by atoms with Crippen LogP contribution in [0.5, 0.6) is 0 Å². The summed E-state index contributed by atoms with van der Waals surface area (Å²) < 4.78 is 14.0. The summed E-state index contributed by atoms with van der Waals surface area (Å²) in [5, 5.41) is 7.72. The molecule has 0 saturated heterocycles. The number of hydrogen-bond donors (Lipinski definition) is 0. The van der Waals surface area contributed by atoms with Gasteiger partial charge in [-0.2, -0.15) is 0 Å². The number of halogens is 1. The minimum atomic E-state index is -2.58. The average Bonchev–Trinajstić information content (AvgIpc) is 3.18. The molecule has 8 rings (SSSR count). The van der Waals surface area contributed by atoms with Crippen molar-refractivity contribution in [1.29, 1.82) is 0 Å². The first-order valence-corrected chi connectivity index (χ1v) is 18.6. The van der Waals surface area contributed by atoms with Crippen LogP contribution in [-0.2, 0) is 0 Å². The van der Waals surface area contributed by atoms with Crippen LogP contribution in [0.2, 0.25) is 0 Å². The van der Waals surface area contributed by atoms with Crippen molar-refractivity contribution in [3.05, 3.63) is 212 Å². The van der Waals surface area contributed by atoms with Gasteiger partial charge in [0.2, 0.25) is 0 Å². The zero-order valence-electron chi connectivity index (χ0n) is 27.0. The van der Waals surface area contributed by atoms with Gasteiger partial charge in [0.05, 0.1) is 5.69 Å². The van der Waals surface area contributed by atoms with E-state index in [4.69, 9.17) is 0 Å². The largest absolute Gasteiger partial charge is 0.310 e. The van der Waals surface area contributed by atoms with Gasteiger partial charge in [0, 0.05) is 16.8 Å². The lowest BCUT2D eigenvalue weighted by Gasteiger charge is -2.34. The van der Waals surface area contributed by atoms with Gasteiger partial charge in [0.1, 0.15) is 5.82 Å². The van der Waals surface area contributed by atoms with E-state index < -0.39 is 8.07 Å². The van der Waals surface area contributed by atoms with Gasteiger partial charge in [0.25, 0.3) is 0 Å². The Morgan fingerprint density at radius 2 is 0.755 bits per heavy atom. The molecule has 8 aromatic rings. The van der Waals surface area contributed by atoms with E-state index in [1.165, 1.54) is 32.9 Å². The van der Waals surface area contributed by atoms with Crippen molar-refractivity contribution in [3.63, 3.8) is 0 Å². The zero-order chi connectivity index (χ0) is 33.0. The van der Waals surface area contributed by atoms with Crippen LogP contribution in [0.25, 0.3) is 21.9 Å². The molecule has 0 aliphatic carbocycles. The zero-order valence-corrected chi connectivity index (χ0v) is 28.0. The van der Waals surface area contributed by atoms with Crippen molar-refractivity contribution in [2.75, 3.05) is 4.90 Å². The van der Waals surface area contributed by atoms with Crippen molar-refractivity contribution < 1.29 is 4.39 Å². The van der Waals surface area contributed by atoms with Crippen LogP contribution in [0.1, 0.15) is 0 Å². The summed E-state index contributed by atoms with van der Waals surface area (Å²) >= 11 is 0. The summed E-state index contributed by atoms with van der Waals surface area (Å²) in [4.78, 5) is 2.20. The second-order valence-electron chi connectivity index (χ2n) is 12.3. The molecule has 0 atom stereocenters. The van der Waals surface area contributed by atoms with Gasteiger partial charge in [-0.3, -0.25) is 0 Å². The molecule has 0 bridgehead atoms. The summed E-state index contributed by atoms with van der Waals surface area (Å²) in [6.45, 7) is 0. The van der Waals surface area contributed by atoms with E-state index in [9.17, 15) is 4.39 Å². The molecule has 1 nitrogen and oxygen atoms in total. The number of nitrogens with zero attached hydrogens (tertiary/aromatic N) is 1. The Morgan fingerprint density at radius 3 is 1.29 bits per heavy atom. The minimum Gasteiger partial charge on any atom is -0.310 e. The van der Waals surface area contributed by atoms with Crippen molar-refractivity contribution in [2.45, 2.75) is 0 Å². The second-order valence-corrected chi connectivity index (χ2v) is 16.1. The molecular formula is C46H34FNSi. The molecule has 49 heavy (non-hydrogen) atoms. The van der Waals surface area contributed by atoms with Crippen LogP contribution in [-0.4, -0.2) is 8.07 Å². The van der Waals surface area contributed by atoms with Gasteiger partial charge < -0.3 is 4.90 Å². The number of rotatable bonds is 8. The summed E-state index contributed by atoms with van der Waals surface area (Å²) in [5.41, 5.74) is 5.25. The van der Waals surface area contributed by atoms with Gasteiger partial charge in [-0.05, 0) is 79.7 Å². The first-order valence-electron chi connectivity index (χ1n) is 16.6. The third-order valence-electron chi connectivity index (χ3n) is 9.49. The monoisotopic (exact) mass is 647 g/mol. The third kappa shape index (κ3) is 5.65. The van der Waals surface area contributed by atoms with Crippen LogP contribution in [0.3, 0.4) is 0 Å². The fourth-order valence-corrected chi connectivity index (χ4v) is 11.9.